The molecule has 2 aliphatic heterocycles. The minimum Gasteiger partial charge on any atom is -0.326 e. The first-order chi connectivity index (χ1) is 8.70. The lowest BCUT2D eigenvalue weighted by atomic mass is 9.95. The Balaban J connectivity index is 1.66. The van der Waals surface area contributed by atoms with Gasteiger partial charge in [0.2, 0.25) is 0 Å². The molecule has 100 valence electrons. The zero-order chi connectivity index (χ0) is 12.5. The number of piperidine rings is 1. The summed E-state index contributed by atoms with van der Waals surface area (Å²) in [5, 5.41) is 4.63. The highest BCUT2D eigenvalue weighted by atomic mass is 15.4. The molecule has 0 amide bonds. The molecule has 0 bridgehead atoms. The first kappa shape index (κ1) is 12.1. The topological polar surface area (TPSA) is 60.0 Å². The Bertz CT molecular complexity index is 414. The Morgan fingerprint density at radius 2 is 2.22 bits per heavy atom. The molecule has 0 aromatic carbocycles. The van der Waals surface area contributed by atoms with Gasteiger partial charge in [-0.1, -0.05) is 0 Å². The first-order valence-electron chi connectivity index (χ1n) is 7.07. The fourth-order valence-electron chi connectivity index (χ4n) is 3.17. The van der Waals surface area contributed by atoms with E-state index in [-0.39, 0.29) is 6.04 Å². The van der Waals surface area contributed by atoms with Crippen LogP contribution in [-0.2, 0) is 19.4 Å². The van der Waals surface area contributed by atoms with E-state index in [0.29, 0.717) is 0 Å². The largest absolute Gasteiger partial charge is 0.326 e. The zero-order valence-electron chi connectivity index (χ0n) is 11.2. The summed E-state index contributed by atoms with van der Waals surface area (Å²) in [5.41, 5.74) is 5.97. The van der Waals surface area contributed by atoms with E-state index in [4.69, 9.17) is 5.73 Å². The van der Waals surface area contributed by atoms with Gasteiger partial charge in [0.25, 0.3) is 0 Å². The van der Waals surface area contributed by atoms with Crippen LogP contribution < -0.4 is 5.73 Å². The van der Waals surface area contributed by atoms with E-state index >= 15 is 0 Å². The van der Waals surface area contributed by atoms with Crippen LogP contribution in [0.15, 0.2) is 0 Å². The number of likely N-dealkylation sites (tertiary alicyclic amines) is 1. The van der Waals surface area contributed by atoms with Crippen LogP contribution in [0.25, 0.3) is 0 Å². The Morgan fingerprint density at radius 3 is 3.06 bits per heavy atom. The lowest BCUT2D eigenvalue weighted by molar-refractivity contribution is 0.207. The van der Waals surface area contributed by atoms with E-state index < -0.39 is 0 Å². The van der Waals surface area contributed by atoms with Crippen molar-refractivity contribution in [2.45, 2.75) is 44.7 Å². The molecule has 5 heteroatoms. The Hall–Kier alpha value is -0.940. The maximum atomic E-state index is 5.97. The molecule has 5 nitrogen and oxygen atoms in total. The van der Waals surface area contributed by atoms with Crippen LogP contribution in [0.1, 0.15) is 30.9 Å². The molecular formula is C13H23N5. The predicted molar refractivity (Wildman–Crippen MR) is 70.2 cm³/mol. The Labute approximate surface area is 108 Å². The second-order valence-electron chi connectivity index (χ2n) is 5.90. The maximum Gasteiger partial charge on any atom is 0.151 e. The van der Waals surface area contributed by atoms with Crippen molar-refractivity contribution in [1.29, 1.82) is 0 Å². The van der Waals surface area contributed by atoms with Gasteiger partial charge in [0.15, 0.2) is 5.82 Å². The van der Waals surface area contributed by atoms with Gasteiger partial charge in [-0.05, 0) is 38.8 Å². The van der Waals surface area contributed by atoms with Crippen molar-refractivity contribution in [2.24, 2.45) is 11.7 Å². The molecule has 0 spiro atoms. The van der Waals surface area contributed by atoms with Gasteiger partial charge in [-0.25, -0.2) is 9.67 Å². The average molecular weight is 249 g/mol. The normalized spacial score (nSPS) is 29.2. The smallest absolute Gasteiger partial charge is 0.151 e. The third-order valence-electron chi connectivity index (χ3n) is 4.13. The van der Waals surface area contributed by atoms with Crippen LogP contribution in [0.5, 0.6) is 0 Å². The molecule has 2 N–H and O–H groups in total. The quantitative estimate of drug-likeness (QED) is 0.826. The summed E-state index contributed by atoms with van der Waals surface area (Å²) in [6.07, 6.45) is 5.68. The summed E-state index contributed by atoms with van der Waals surface area (Å²) < 4.78 is 2.02. The molecule has 1 aromatic rings. The molecule has 18 heavy (non-hydrogen) atoms. The number of aromatic nitrogens is 3. The summed E-state index contributed by atoms with van der Waals surface area (Å²) in [6, 6.07) is 0.257. The van der Waals surface area contributed by atoms with Crippen LogP contribution in [0, 0.1) is 5.92 Å². The number of rotatable bonds is 2. The van der Waals surface area contributed by atoms with Crippen molar-refractivity contribution in [3.05, 3.63) is 11.6 Å². The number of hydrogen-bond donors (Lipinski definition) is 1. The van der Waals surface area contributed by atoms with Gasteiger partial charge in [0.05, 0.1) is 6.54 Å². The number of aryl methyl sites for hydroxylation is 1. The van der Waals surface area contributed by atoms with E-state index in [1.54, 1.807) is 0 Å². The van der Waals surface area contributed by atoms with Crippen LogP contribution >= 0.6 is 0 Å². The molecule has 0 saturated carbocycles. The standard InChI is InChI=1S/C13H23N5/c1-17-6-2-3-10(8-17)7-12-15-13-5-4-11(14)9-18(13)16-12/h10-11H,2-9,14H2,1H3. The molecular weight excluding hydrogens is 226 g/mol. The Morgan fingerprint density at radius 1 is 1.33 bits per heavy atom. The van der Waals surface area contributed by atoms with Crippen LogP contribution in [0.3, 0.4) is 0 Å². The van der Waals surface area contributed by atoms with Gasteiger partial charge in [-0.3, -0.25) is 0 Å². The highest BCUT2D eigenvalue weighted by Crippen LogP contribution is 2.19. The van der Waals surface area contributed by atoms with Crippen LogP contribution in [0.2, 0.25) is 0 Å². The van der Waals surface area contributed by atoms with Crippen LogP contribution in [0.4, 0.5) is 0 Å². The average Bonchev–Trinajstić information content (AvgIpc) is 2.70. The van der Waals surface area contributed by atoms with Crippen molar-refractivity contribution in [3.8, 4) is 0 Å². The van der Waals surface area contributed by atoms with Gasteiger partial charge in [0, 0.05) is 25.4 Å². The third kappa shape index (κ3) is 2.57. The van der Waals surface area contributed by atoms with E-state index in [1.165, 1.54) is 25.9 Å². The molecule has 0 aliphatic carbocycles. The number of nitrogens with zero attached hydrogens (tertiary/aromatic N) is 4. The minimum absolute atomic E-state index is 0.257. The molecule has 1 fully saturated rings. The van der Waals surface area contributed by atoms with Crippen molar-refractivity contribution in [2.75, 3.05) is 20.1 Å². The van der Waals surface area contributed by atoms with Crippen molar-refractivity contribution in [1.82, 2.24) is 19.7 Å². The van der Waals surface area contributed by atoms with E-state index in [0.717, 1.165) is 43.4 Å². The lowest BCUT2D eigenvalue weighted by Gasteiger charge is -2.28. The number of fused-ring (bicyclic) bond motifs is 1. The summed E-state index contributed by atoms with van der Waals surface area (Å²) >= 11 is 0. The maximum absolute atomic E-state index is 5.97. The van der Waals surface area contributed by atoms with Gasteiger partial charge in [0.1, 0.15) is 5.82 Å². The fraction of sp³-hybridized carbons (Fsp3) is 0.846. The predicted octanol–water partition coefficient (Wildman–Crippen LogP) is 0.436. The Kier molecular flexibility index (Phi) is 3.35. The highest BCUT2D eigenvalue weighted by molar-refractivity contribution is 4.99. The summed E-state index contributed by atoms with van der Waals surface area (Å²) in [6.45, 7) is 3.26. The zero-order valence-corrected chi connectivity index (χ0v) is 11.2. The second kappa shape index (κ2) is 4.97. The second-order valence-corrected chi connectivity index (χ2v) is 5.90. The minimum atomic E-state index is 0.257. The van der Waals surface area contributed by atoms with Crippen molar-refractivity contribution in [3.63, 3.8) is 0 Å². The highest BCUT2D eigenvalue weighted by Gasteiger charge is 2.22. The van der Waals surface area contributed by atoms with Gasteiger partial charge >= 0.3 is 0 Å². The summed E-state index contributed by atoms with van der Waals surface area (Å²) in [5.74, 6) is 2.89. The first-order valence-corrected chi connectivity index (χ1v) is 7.07. The van der Waals surface area contributed by atoms with E-state index in [2.05, 4.69) is 22.0 Å². The lowest BCUT2D eigenvalue weighted by Crippen LogP contribution is -2.33. The number of hydrogen-bond acceptors (Lipinski definition) is 4. The van der Waals surface area contributed by atoms with Gasteiger partial charge in [-0.2, -0.15) is 5.10 Å². The van der Waals surface area contributed by atoms with E-state index in [1.807, 2.05) is 4.68 Å². The molecule has 3 heterocycles. The summed E-state index contributed by atoms with van der Waals surface area (Å²) in [7, 11) is 2.21. The molecule has 1 aromatic heterocycles. The molecule has 2 atom stereocenters. The van der Waals surface area contributed by atoms with Crippen molar-refractivity contribution < 1.29 is 0 Å². The number of nitrogens with two attached hydrogens (primary N) is 1. The van der Waals surface area contributed by atoms with E-state index in [9.17, 15) is 0 Å². The molecule has 0 radical (unpaired) electrons. The summed E-state index contributed by atoms with van der Waals surface area (Å²) in [4.78, 5) is 7.10. The monoisotopic (exact) mass is 249 g/mol. The van der Waals surface area contributed by atoms with Crippen LogP contribution in [-0.4, -0.2) is 45.8 Å². The molecule has 3 rings (SSSR count). The van der Waals surface area contributed by atoms with Crippen molar-refractivity contribution >= 4 is 0 Å². The van der Waals surface area contributed by atoms with Gasteiger partial charge in [-0.15, -0.1) is 0 Å². The third-order valence-corrected chi connectivity index (χ3v) is 4.13. The molecule has 1 saturated heterocycles. The fourth-order valence-corrected chi connectivity index (χ4v) is 3.17. The molecule has 2 aliphatic rings. The molecule has 2 unspecified atom stereocenters. The SMILES string of the molecule is CN1CCCC(Cc2nc3n(n2)CC(N)CC3)C1. The van der Waals surface area contributed by atoms with Gasteiger partial charge < -0.3 is 10.6 Å².